The molecule has 7 nitrogen and oxygen atoms in total. The Morgan fingerprint density at radius 1 is 1.21 bits per heavy atom. The summed E-state index contributed by atoms with van der Waals surface area (Å²) in [6.07, 6.45) is 1.25. The molecule has 1 atom stereocenters. The van der Waals surface area contributed by atoms with Gasteiger partial charge in [0, 0.05) is 31.3 Å². The van der Waals surface area contributed by atoms with Gasteiger partial charge in [0.1, 0.15) is 5.75 Å². The average Bonchev–Trinajstić information content (AvgIpc) is 2.73. The van der Waals surface area contributed by atoms with Crippen LogP contribution in [0, 0.1) is 5.92 Å². The maximum absolute atomic E-state index is 12.6. The molecule has 1 heterocycles. The van der Waals surface area contributed by atoms with E-state index in [2.05, 4.69) is 5.32 Å². The molecule has 0 radical (unpaired) electrons. The second-order valence-corrected chi connectivity index (χ2v) is 7.06. The maximum atomic E-state index is 12.6. The molecule has 1 aliphatic heterocycles. The first kappa shape index (κ1) is 20.4. The molecule has 0 aliphatic carbocycles. The van der Waals surface area contributed by atoms with Gasteiger partial charge in [-0.3, -0.25) is 14.4 Å². The van der Waals surface area contributed by atoms with E-state index in [0.29, 0.717) is 24.2 Å². The Bertz CT molecular complexity index is 941. The third-order valence-corrected chi connectivity index (χ3v) is 5.20. The van der Waals surface area contributed by atoms with Crippen molar-refractivity contribution in [2.75, 3.05) is 25.6 Å². The van der Waals surface area contributed by atoms with E-state index >= 15 is 0 Å². The number of nitrogens with zero attached hydrogens (tertiary/aromatic N) is 1. The van der Waals surface area contributed by atoms with Gasteiger partial charge < -0.3 is 20.1 Å². The van der Waals surface area contributed by atoms with E-state index in [1.54, 1.807) is 36.2 Å². The topological polar surface area (TPSA) is 95.9 Å². The van der Waals surface area contributed by atoms with Gasteiger partial charge in [-0.25, -0.2) is 0 Å². The highest BCUT2D eigenvalue weighted by Gasteiger charge is 2.23. The fraction of sp³-hybridized carbons (Fsp3) is 0.318. The fourth-order valence-electron chi connectivity index (χ4n) is 3.50. The second-order valence-electron chi connectivity index (χ2n) is 7.06. The number of hydrogen-bond donors (Lipinski definition) is 2. The highest BCUT2D eigenvalue weighted by Crippen LogP contribution is 2.27. The SMILES string of the molecule is COc1ccccc1CC(CNC(=O)c1ccc2c(c1)CCC(=O)N2C)C(=O)O. The number of carboxylic acids is 1. The molecule has 2 aromatic carbocycles. The molecule has 7 heteroatoms. The Morgan fingerprint density at radius 2 is 1.97 bits per heavy atom. The number of ether oxygens (including phenoxy) is 1. The lowest BCUT2D eigenvalue weighted by Gasteiger charge is -2.26. The molecule has 3 rings (SSSR count). The number of rotatable bonds is 7. The summed E-state index contributed by atoms with van der Waals surface area (Å²) in [4.78, 5) is 37.6. The number of aliphatic carboxylic acids is 1. The number of aryl methyl sites for hydroxylation is 1. The van der Waals surface area contributed by atoms with E-state index in [1.165, 1.54) is 7.11 Å². The van der Waals surface area contributed by atoms with E-state index in [9.17, 15) is 19.5 Å². The van der Waals surface area contributed by atoms with Crippen molar-refractivity contribution in [3.05, 3.63) is 59.2 Å². The smallest absolute Gasteiger partial charge is 0.308 e. The summed E-state index contributed by atoms with van der Waals surface area (Å²) in [5.74, 6) is -1.43. The number of para-hydroxylation sites is 1. The van der Waals surface area contributed by atoms with Crippen LogP contribution in [0.3, 0.4) is 0 Å². The maximum Gasteiger partial charge on any atom is 0.308 e. The minimum atomic E-state index is -0.984. The molecule has 0 fully saturated rings. The Hall–Kier alpha value is -3.35. The minimum absolute atomic E-state index is 0.00168. The average molecular weight is 396 g/mol. The number of methoxy groups -OCH3 is 1. The lowest BCUT2D eigenvalue weighted by molar-refractivity contribution is -0.141. The van der Waals surface area contributed by atoms with Crippen LogP contribution in [-0.4, -0.2) is 43.6 Å². The molecule has 2 N–H and O–H groups in total. The number of amides is 2. The molecule has 1 aliphatic rings. The van der Waals surface area contributed by atoms with Gasteiger partial charge in [0.05, 0.1) is 13.0 Å². The van der Waals surface area contributed by atoms with E-state index in [0.717, 1.165) is 16.8 Å². The van der Waals surface area contributed by atoms with Crippen molar-refractivity contribution in [2.45, 2.75) is 19.3 Å². The summed E-state index contributed by atoms with van der Waals surface area (Å²) in [5.41, 5.74) is 2.96. The molecule has 29 heavy (non-hydrogen) atoms. The molecular weight excluding hydrogens is 372 g/mol. The van der Waals surface area contributed by atoms with Crippen molar-refractivity contribution in [1.82, 2.24) is 5.32 Å². The van der Waals surface area contributed by atoms with Crippen molar-refractivity contribution < 1.29 is 24.2 Å². The van der Waals surface area contributed by atoms with Crippen molar-refractivity contribution in [1.29, 1.82) is 0 Å². The highest BCUT2D eigenvalue weighted by molar-refractivity contribution is 5.99. The van der Waals surface area contributed by atoms with Crippen LogP contribution in [0.4, 0.5) is 5.69 Å². The molecule has 0 bridgehead atoms. The lowest BCUT2D eigenvalue weighted by Crippen LogP contribution is -2.34. The van der Waals surface area contributed by atoms with Gasteiger partial charge in [0.15, 0.2) is 0 Å². The standard InChI is InChI=1S/C22H24N2O5/c1-24-18-9-7-16(11-14(18)8-10-20(24)25)21(26)23-13-17(22(27)28)12-15-5-3-4-6-19(15)29-2/h3-7,9,11,17H,8,10,12-13H2,1-2H3,(H,23,26)(H,27,28). The Labute approximate surface area is 169 Å². The molecule has 0 saturated heterocycles. The van der Waals surface area contributed by atoms with Gasteiger partial charge in [0.2, 0.25) is 5.91 Å². The summed E-state index contributed by atoms with van der Waals surface area (Å²) in [6.45, 7) is 0.00168. The first-order chi connectivity index (χ1) is 13.9. The van der Waals surface area contributed by atoms with Crippen molar-refractivity contribution in [3.8, 4) is 5.75 Å². The number of carbonyl (C=O) groups is 3. The first-order valence-electron chi connectivity index (χ1n) is 9.43. The van der Waals surface area contributed by atoms with Crippen molar-refractivity contribution >= 4 is 23.5 Å². The van der Waals surface area contributed by atoms with Gasteiger partial charge in [0.25, 0.3) is 5.91 Å². The van der Waals surface area contributed by atoms with Crippen LogP contribution < -0.4 is 15.0 Å². The van der Waals surface area contributed by atoms with Gasteiger partial charge in [-0.1, -0.05) is 18.2 Å². The molecule has 152 valence electrons. The van der Waals surface area contributed by atoms with Crippen LogP contribution in [-0.2, 0) is 22.4 Å². The molecule has 1 unspecified atom stereocenters. The van der Waals surface area contributed by atoms with Crippen LogP contribution in [0.15, 0.2) is 42.5 Å². The summed E-state index contributed by atoms with van der Waals surface area (Å²) in [5, 5.41) is 12.3. The van der Waals surface area contributed by atoms with E-state index in [1.807, 2.05) is 18.2 Å². The van der Waals surface area contributed by atoms with Gasteiger partial charge >= 0.3 is 5.97 Å². The van der Waals surface area contributed by atoms with Crippen LogP contribution in [0.25, 0.3) is 0 Å². The van der Waals surface area contributed by atoms with Crippen molar-refractivity contribution in [3.63, 3.8) is 0 Å². The second kappa shape index (κ2) is 8.77. The first-order valence-corrected chi connectivity index (χ1v) is 9.43. The van der Waals surface area contributed by atoms with Crippen LogP contribution >= 0.6 is 0 Å². The number of carboxylic acid groups (broad SMARTS) is 1. The number of hydrogen-bond acceptors (Lipinski definition) is 4. The van der Waals surface area contributed by atoms with Gasteiger partial charge in [-0.05, 0) is 48.2 Å². The normalized spacial score (nSPS) is 14.1. The lowest BCUT2D eigenvalue weighted by atomic mass is 9.97. The molecule has 0 spiro atoms. The quantitative estimate of drug-likeness (QED) is 0.749. The fourth-order valence-corrected chi connectivity index (χ4v) is 3.50. The van der Waals surface area contributed by atoms with E-state index in [-0.39, 0.29) is 24.8 Å². The molecular formula is C22H24N2O5. The van der Waals surface area contributed by atoms with Crippen LogP contribution in [0.1, 0.15) is 27.9 Å². The predicted octanol–water partition coefficient (Wildman–Crippen LogP) is 2.28. The Balaban J connectivity index is 1.68. The molecule has 2 aromatic rings. The number of nitrogens with one attached hydrogen (secondary N) is 1. The molecule has 0 saturated carbocycles. The Morgan fingerprint density at radius 3 is 2.69 bits per heavy atom. The summed E-state index contributed by atoms with van der Waals surface area (Å²) in [7, 11) is 3.26. The third kappa shape index (κ3) is 4.56. The van der Waals surface area contributed by atoms with Crippen molar-refractivity contribution in [2.24, 2.45) is 5.92 Å². The number of anilines is 1. The molecule has 2 amide bonds. The predicted molar refractivity (Wildman–Crippen MR) is 108 cm³/mol. The minimum Gasteiger partial charge on any atom is -0.496 e. The van der Waals surface area contributed by atoms with E-state index in [4.69, 9.17) is 4.74 Å². The monoisotopic (exact) mass is 396 g/mol. The van der Waals surface area contributed by atoms with Gasteiger partial charge in [-0.2, -0.15) is 0 Å². The van der Waals surface area contributed by atoms with Gasteiger partial charge in [-0.15, -0.1) is 0 Å². The highest BCUT2D eigenvalue weighted by atomic mass is 16.5. The van der Waals surface area contributed by atoms with Crippen LogP contribution in [0.2, 0.25) is 0 Å². The number of fused-ring (bicyclic) bond motifs is 1. The molecule has 0 aromatic heterocycles. The number of benzene rings is 2. The number of carbonyl (C=O) groups excluding carboxylic acids is 2. The zero-order valence-corrected chi connectivity index (χ0v) is 16.5. The van der Waals surface area contributed by atoms with Crippen LogP contribution in [0.5, 0.6) is 5.75 Å². The summed E-state index contributed by atoms with van der Waals surface area (Å²) >= 11 is 0. The Kier molecular flexibility index (Phi) is 6.16. The zero-order valence-electron chi connectivity index (χ0n) is 16.5. The largest absolute Gasteiger partial charge is 0.496 e. The summed E-state index contributed by atoms with van der Waals surface area (Å²) in [6, 6.07) is 12.4. The third-order valence-electron chi connectivity index (χ3n) is 5.20. The summed E-state index contributed by atoms with van der Waals surface area (Å²) < 4.78 is 5.28. The van der Waals surface area contributed by atoms with E-state index < -0.39 is 11.9 Å². The zero-order chi connectivity index (χ0) is 21.0.